The first-order valence-electron chi connectivity index (χ1n) is 7.04. The molecule has 0 aliphatic carbocycles. The largest absolute Gasteiger partial charge is 0.493 e. The van der Waals surface area contributed by atoms with E-state index in [9.17, 15) is 4.79 Å². The zero-order valence-corrected chi connectivity index (χ0v) is 14.3. The molecule has 1 heterocycles. The Labute approximate surface area is 146 Å². The Kier molecular flexibility index (Phi) is 4.90. The molecule has 0 bridgehead atoms. The molecule has 0 amide bonds. The maximum Gasteiger partial charge on any atom is 0.264 e. The van der Waals surface area contributed by atoms with E-state index in [1.54, 1.807) is 18.2 Å². The number of nitrogens with zero attached hydrogens (tertiary/aromatic N) is 2. The second-order valence-electron chi connectivity index (χ2n) is 4.84. The molecule has 0 atom stereocenters. The van der Waals surface area contributed by atoms with Crippen LogP contribution in [0, 0.1) is 0 Å². The van der Waals surface area contributed by atoms with Gasteiger partial charge in [0.2, 0.25) is 5.82 Å². The summed E-state index contributed by atoms with van der Waals surface area (Å²) in [5, 5.41) is 3.94. The van der Waals surface area contributed by atoms with E-state index >= 15 is 0 Å². The lowest BCUT2D eigenvalue weighted by Gasteiger charge is -2.09. The van der Waals surface area contributed by atoms with E-state index in [4.69, 9.17) is 14.0 Å². The zero-order chi connectivity index (χ0) is 16.9. The van der Waals surface area contributed by atoms with Gasteiger partial charge in [0.05, 0.1) is 7.11 Å². The van der Waals surface area contributed by atoms with E-state index in [-0.39, 0.29) is 6.61 Å². The number of hydrogen-bond donors (Lipinski definition) is 0. The van der Waals surface area contributed by atoms with Crippen LogP contribution in [0.2, 0.25) is 0 Å². The van der Waals surface area contributed by atoms with Crippen molar-refractivity contribution >= 4 is 22.2 Å². The van der Waals surface area contributed by atoms with Gasteiger partial charge < -0.3 is 14.0 Å². The molecule has 122 valence electrons. The molecule has 2 aromatic carbocycles. The van der Waals surface area contributed by atoms with E-state index in [0.29, 0.717) is 28.8 Å². The molecule has 0 aliphatic rings. The molecule has 0 saturated heterocycles. The second kappa shape index (κ2) is 7.27. The van der Waals surface area contributed by atoms with Crippen LogP contribution >= 0.6 is 15.9 Å². The third kappa shape index (κ3) is 3.62. The topological polar surface area (TPSA) is 74.5 Å². The van der Waals surface area contributed by atoms with Gasteiger partial charge in [-0.3, -0.25) is 4.79 Å². The Morgan fingerprint density at radius 3 is 2.67 bits per heavy atom. The van der Waals surface area contributed by atoms with Gasteiger partial charge >= 0.3 is 0 Å². The molecule has 6 nitrogen and oxygen atoms in total. The van der Waals surface area contributed by atoms with Gasteiger partial charge in [-0.25, -0.2) is 0 Å². The fourth-order valence-electron chi connectivity index (χ4n) is 2.05. The number of hydrogen-bond acceptors (Lipinski definition) is 6. The Bertz CT molecular complexity index is 846. The van der Waals surface area contributed by atoms with Crippen molar-refractivity contribution < 1.29 is 18.8 Å². The summed E-state index contributed by atoms with van der Waals surface area (Å²) >= 11 is 3.38. The number of aromatic nitrogens is 2. The minimum Gasteiger partial charge on any atom is -0.493 e. The molecule has 0 fully saturated rings. The van der Waals surface area contributed by atoms with E-state index < -0.39 is 0 Å². The Morgan fingerprint density at radius 2 is 1.96 bits per heavy atom. The van der Waals surface area contributed by atoms with Crippen LogP contribution in [0.4, 0.5) is 0 Å². The lowest BCUT2D eigenvalue weighted by Crippen LogP contribution is -1.98. The van der Waals surface area contributed by atoms with Gasteiger partial charge in [0.25, 0.3) is 5.89 Å². The highest BCUT2D eigenvalue weighted by molar-refractivity contribution is 9.10. The summed E-state index contributed by atoms with van der Waals surface area (Å²) in [4.78, 5) is 15.1. The quantitative estimate of drug-likeness (QED) is 0.596. The van der Waals surface area contributed by atoms with Gasteiger partial charge in [-0.05, 0) is 42.5 Å². The lowest BCUT2D eigenvalue weighted by atomic mass is 10.2. The Morgan fingerprint density at radius 1 is 1.17 bits per heavy atom. The molecule has 7 heteroatoms. The van der Waals surface area contributed by atoms with Gasteiger partial charge in [-0.2, -0.15) is 4.98 Å². The van der Waals surface area contributed by atoms with Gasteiger partial charge in [-0.15, -0.1) is 0 Å². The van der Waals surface area contributed by atoms with Crippen molar-refractivity contribution in [1.29, 1.82) is 0 Å². The number of carbonyl (C=O) groups is 1. The van der Waals surface area contributed by atoms with Crippen molar-refractivity contribution in [2.75, 3.05) is 7.11 Å². The summed E-state index contributed by atoms with van der Waals surface area (Å²) in [7, 11) is 1.51. The maximum absolute atomic E-state index is 10.8. The minimum absolute atomic E-state index is 0.0975. The van der Waals surface area contributed by atoms with Crippen LogP contribution in [0.25, 0.3) is 11.4 Å². The van der Waals surface area contributed by atoms with Crippen LogP contribution in [-0.4, -0.2) is 23.5 Å². The van der Waals surface area contributed by atoms with Crippen molar-refractivity contribution in [1.82, 2.24) is 10.1 Å². The predicted molar refractivity (Wildman–Crippen MR) is 90.1 cm³/mol. The first-order chi connectivity index (χ1) is 11.7. The molecule has 0 spiro atoms. The van der Waals surface area contributed by atoms with Gasteiger partial charge in [-0.1, -0.05) is 21.1 Å². The molecule has 0 saturated carbocycles. The summed E-state index contributed by atoms with van der Waals surface area (Å²) in [6.07, 6.45) is 0.745. The number of ether oxygens (including phenoxy) is 2. The van der Waals surface area contributed by atoms with Crippen LogP contribution in [-0.2, 0) is 6.61 Å². The molecular weight excluding hydrogens is 376 g/mol. The molecule has 3 aromatic rings. The third-order valence-corrected chi connectivity index (χ3v) is 3.77. The van der Waals surface area contributed by atoms with Gasteiger partial charge in [0.15, 0.2) is 18.1 Å². The number of halogens is 1. The highest BCUT2D eigenvalue weighted by Gasteiger charge is 2.11. The fourth-order valence-corrected chi connectivity index (χ4v) is 2.31. The summed E-state index contributed by atoms with van der Waals surface area (Å²) < 4.78 is 17.0. The van der Waals surface area contributed by atoms with Crippen LogP contribution in [0.5, 0.6) is 11.5 Å². The van der Waals surface area contributed by atoms with Crippen LogP contribution in [0.3, 0.4) is 0 Å². The zero-order valence-electron chi connectivity index (χ0n) is 12.7. The monoisotopic (exact) mass is 388 g/mol. The average molecular weight is 389 g/mol. The number of aldehydes is 1. The van der Waals surface area contributed by atoms with Crippen molar-refractivity contribution in [2.45, 2.75) is 6.61 Å². The molecule has 0 aliphatic heterocycles. The molecule has 24 heavy (non-hydrogen) atoms. The Hall–Kier alpha value is -2.67. The van der Waals surface area contributed by atoms with E-state index in [0.717, 1.165) is 16.3 Å². The van der Waals surface area contributed by atoms with Crippen LogP contribution in [0.15, 0.2) is 51.5 Å². The van der Waals surface area contributed by atoms with E-state index in [1.165, 1.54) is 7.11 Å². The summed E-state index contributed by atoms with van der Waals surface area (Å²) in [5.41, 5.74) is 1.36. The summed E-state index contributed by atoms with van der Waals surface area (Å²) in [5.74, 6) is 1.79. The molecule has 0 unspecified atom stereocenters. The number of carbonyl (C=O) groups excluding carboxylic acids is 1. The Balaban J connectivity index is 1.71. The number of benzene rings is 2. The third-order valence-electron chi connectivity index (χ3n) is 3.25. The summed E-state index contributed by atoms with van der Waals surface area (Å²) in [6.45, 7) is 0.0975. The maximum atomic E-state index is 10.8. The first-order valence-corrected chi connectivity index (χ1v) is 7.83. The fraction of sp³-hybridized carbons (Fsp3) is 0.118. The lowest BCUT2D eigenvalue weighted by molar-refractivity contribution is 0.112. The smallest absolute Gasteiger partial charge is 0.264 e. The average Bonchev–Trinajstić information content (AvgIpc) is 3.09. The molecular formula is C17H13BrN2O4. The molecule has 0 radical (unpaired) electrons. The van der Waals surface area contributed by atoms with Crippen LogP contribution < -0.4 is 9.47 Å². The highest BCUT2D eigenvalue weighted by Crippen LogP contribution is 2.28. The minimum atomic E-state index is 0.0975. The van der Waals surface area contributed by atoms with Crippen molar-refractivity contribution in [2.24, 2.45) is 0 Å². The van der Waals surface area contributed by atoms with E-state index in [2.05, 4.69) is 26.1 Å². The summed E-state index contributed by atoms with van der Waals surface area (Å²) in [6, 6.07) is 12.5. The van der Waals surface area contributed by atoms with Crippen molar-refractivity contribution in [3.63, 3.8) is 0 Å². The normalized spacial score (nSPS) is 10.4. The number of rotatable bonds is 6. The van der Waals surface area contributed by atoms with Crippen molar-refractivity contribution in [3.05, 3.63) is 58.4 Å². The van der Waals surface area contributed by atoms with Gasteiger partial charge in [0, 0.05) is 15.6 Å². The molecule has 0 N–H and O–H groups in total. The standard InChI is InChI=1S/C17H13BrN2O4/c1-22-15-8-11(9-21)2-7-14(15)23-10-16-19-17(20-24-16)12-3-5-13(18)6-4-12/h2-9H,10H2,1H3. The van der Waals surface area contributed by atoms with Gasteiger partial charge in [0.1, 0.15) is 6.29 Å². The van der Waals surface area contributed by atoms with Crippen molar-refractivity contribution in [3.8, 4) is 22.9 Å². The predicted octanol–water partition coefficient (Wildman–Crippen LogP) is 3.90. The van der Waals surface area contributed by atoms with E-state index in [1.807, 2.05) is 24.3 Å². The SMILES string of the molecule is COc1cc(C=O)ccc1OCc1nc(-c2ccc(Br)cc2)no1. The first kappa shape index (κ1) is 16.2. The highest BCUT2D eigenvalue weighted by atomic mass is 79.9. The molecule has 3 rings (SSSR count). The molecule has 1 aromatic heterocycles. The van der Waals surface area contributed by atoms with Crippen LogP contribution in [0.1, 0.15) is 16.2 Å². The second-order valence-corrected chi connectivity index (χ2v) is 5.75. The number of methoxy groups -OCH3 is 1.